The zero-order valence-electron chi connectivity index (χ0n) is 14.9. The summed E-state index contributed by atoms with van der Waals surface area (Å²) in [6.45, 7) is 5.79. The minimum Gasteiger partial charge on any atom is -0.497 e. The molecule has 25 heavy (non-hydrogen) atoms. The predicted octanol–water partition coefficient (Wildman–Crippen LogP) is 3.86. The average Bonchev–Trinajstić information content (AvgIpc) is 3.00. The van der Waals surface area contributed by atoms with Crippen molar-refractivity contribution in [1.82, 2.24) is 9.47 Å². The summed E-state index contributed by atoms with van der Waals surface area (Å²) < 4.78 is 7.50. The minimum absolute atomic E-state index is 0.210. The number of ether oxygens (including phenoxy) is 1. The molecule has 1 aliphatic rings. The lowest BCUT2D eigenvalue weighted by Gasteiger charge is -2.31. The number of amides is 1. The van der Waals surface area contributed by atoms with Crippen molar-refractivity contribution in [2.45, 2.75) is 32.4 Å². The third kappa shape index (κ3) is 4.13. The number of benzene rings is 1. The van der Waals surface area contributed by atoms with E-state index in [1.165, 1.54) is 12.0 Å². The lowest BCUT2D eigenvalue weighted by atomic mass is 9.84. The first-order chi connectivity index (χ1) is 12.2. The van der Waals surface area contributed by atoms with E-state index >= 15 is 0 Å². The van der Waals surface area contributed by atoms with Crippen molar-refractivity contribution in [3.05, 3.63) is 66.5 Å². The van der Waals surface area contributed by atoms with Crippen molar-refractivity contribution < 1.29 is 9.53 Å². The van der Waals surface area contributed by atoms with Gasteiger partial charge in [0, 0.05) is 30.9 Å². The van der Waals surface area contributed by atoms with Crippen LogP contribution in [0.5, 0.6) is 5.75 Å². The fourth-order valence-corrected chi connectivity index (χ4v) is 3.21. The van der Waals surface area contributed by atoms with Gasteiger partial charge in [-0.05, 0) is 42.7 Å². The lowest BCUT2D eigenvalue weighted by Crippen LogP contribution is -2.39. The van der Waals surface area contributed by atoms with E-state index in [9.17, 15) is 4.79 Å². The first-order valence-corrected chi connectivity index (χ1v) is 8.88. The molecule has 1 aliphatic carbocycles. The molecule has 0 unspecified atom stereocenters. The Balaban J connectivity index is 1.72. The zero-order valence-corrected chi connectivity index (χ0v) is 14.9. The monoisotopic (exact) mass is 338 g/mol. The Bertz CT molecular complexity index is 731. The molecule has 1 saturated carbocycles. The van der Waals surface area contributed by atoms with Crippen LogP contribution < -0.4 is 4.74 Å². The molecule has 1 amide bonds. The number of carbonyl (C=O) groups excluding carboxylic acids is 1. The van der Waals surface area contributed by atoms with Crippen LogP contribution >= 0.6 is 0 Å². The van der Waals surface area contributed by atoms with E-state index in [0.29, 0.717) is 13.1 Å². The Labute approximate surface area is 149 Å². The van der Waals surface area contributed by atoms with Crippen molar-refractivity contribution >= 4 is 5.91 Å². The highest BCUT2D eigenvalue weighted by Gasteiger charge is 2.29. The Morgan fingerprint density at radius 2 is 2.20 bits per heavy atom. The predicted molar refractivity (Wildman–Crippen MR) is 99.5 cm³/mol. The number of hydrogen-bond acceptors (Lipinski definition) is 2. The Morgan fingerprint density at radius 1 is 1.36 bits per heavy atom. The van der Waals surface area contributed by atoms with Crippen molar-refractivity contribution in [2.75, 3.05) is 13.7 Å². The Morgan fingerprint density at radius 3 is 2.88 bits per heavy atom. The SMILES string of the molecule is C=CCN(Cc1cccn1Cc1cccc(OC)c1)C(=O)C1CCC1. The van der Waals surface area contributed by atoms with Gasteiger partial charge in [-0.25, -0.2) is 0 Å². The second kappa shape index (κ2) is 8.06. The summed E-state index contributed by atoms with van der Waals surface area (Å²) in [6, 6.07) is 12.2. The summed E-state index contributed by atoms with van der Waals surface area (Å²) in [6.07, 6.45) is 7.10. The van der Waals surface area contributed by atoms with E-state index in [1.807, 2.05) is 35.2 Å². The summed E-state index contributed by atoms with van der Waals surface area (Å²) in [4.78, 5) is 14.6. The van der Waals surface area contributed by atoms with Crippen LogP contribution in [0.3, 0.4) is 0 Å². The summed E-state index contributed by atoms with van der Waals surface area (Å²) in [5, 5.41) is 0. The van der Waals surface area contributed by atoms with Gasteiger partial charge in [-0.3, -0.25) is 4.79 Å². The molecule has 0 radical (unpaired) electrons. The number of nitrogens with zero attached hydrogens (tertiary/aromatic N) is 2. The number of carbonyl (C=O) groups is 1. The van der Waals surface area contributed by atoms with E-state index in [1.54, 1.807) is 7.11 Å². The van der Waals surface area contributed by atoms with E-state index in [-0.39, 0.29) is 11.8 Å². The molecule has 3 rings (SSSR count). The van der Waals surface area contributed by atoms with Gasteiger partial charge >= 0.3 is 0 Å². The topological polar surface area (TPSA) is 34.5 Å². The molecule has 0 saturated heterocycles. The molecule has 0 N–H and O–H groups in total. The van der Waals surface area contributed by atoms with Crippen molar-refractivity contribution in [3.63, 3.8) is 0 Å². The van der Waals surface area contributed by atoms with Gasteiger partial charge in [0.1, 0.15) is 5.75 Å². The highest BCUT2D eigenvalue weighted by Crippen LogP contribution is 2.29. The fraction of sp³-hybridized carbons (Fsp3) is 0.381. The van der Waals surface area contributed by atoms with Crippen molar-refractivity contribution in [3.8, 4) is 5.75 Å². The number of rotatable bonds is 8. The third-order valence-electron chi connectivity index (χ3n) is 4.88. The smallest absolute Gasteiger partial charge is 0.226 e. The lowest BCUT2D eigenvalue weighted by molar-refractivity contribution is -0.138. The van der Waals surface area contributed by atoms with Crippen LogP contribution in [0, 0.1) is 5.92 Å². The largest absolute Gasteiger partial charge is 0.497 e. The second-order valence-electron chi connectivity index (χ2n) is 6.61. The summed E-state index contributed by atoms with van der Waals surface area (Å²) in [5.74, 6) is 1.33. The average molecular weight is 338 g/mol. The maximum atomic E-state index is 12.6. The van der Waals surface area contributed by atoms with Gasteiger partial charge in [0.2, 0.25) is 5.91 Å². The maximum Gasteiger partial charge on any atom is 0.226 e. The molecule has 1 fully saturated rings. The van der Waals surface area contributed by atoms with Gasteiger partial charge in [-0.1, -0.05) is 24.6 Å². The quantitative estimate of drug-likeness (QED) is 0.685. The molecule has 4 nitrogen and oxygen atoms in total. The minimum atomic E-state index is 0.210. The van der Waals surface area contributed by atoms with E-state index in [4.69, 9.17) is 4.74 Å². The van der Waals surface area contributed by atoms with Crippen molar-refractivity contribution in [2.24, 2.45) is 5.92 Å². The van der Waals surface area contributed by atoms with Gasteiger partial charge in [0.25, 0.3) is 0 Å². The van der Waals surface area contributed by atoms with Crippen LogP contribution in [0.4, 0.5) is 0 Å². The summed E-state index contributed by atoms with van der Waals surface area (Å²) in [7, 11) is 1.68. The van der Waals surface area contributed by atoms with Crippen LogP contribution in [0.2, 0.25) is 0 Å². The van der Waals surface area contributed by atoms with E-state index in [0.717, 1.165) is 30.8 Å². The molecule has 0 spiro atoms. The second-order valence-corrected chi connectivity index (χ2v) is 6.61. The van der Waals surface area contributed by atoms with Gasteiger partial charge < -0.3 is 14.2 Å². The number of methoxy groups -OCH3 is 1. The normalized spacial score (nSPS) is 14.0. The number of hydrogen-bond donors (Lipinski definition) is 0. The van der Waals surface area contributed by atoms with Crippen LogP contribution in [-0.4, -0.2) is 29.0 Å². The summed E-state index contributed by atoms with van der Waals surface area (Å²) >= 11 is 0. The molecule has 1 heterocycles. The van der Waals surface area contributed by atoms with E-state index < -0.39 is 0 Å². The molecule has 4 heteroatoms. The molecule has 132 valence electrons. The highest BCUT2D eigenvalue weighted by atomic mass is 16.5. The Hall–Kier alpha value is -2.49. The van der Waals surface area contributed by atoms with Gasteiger partial charge in [-0.2, -0.15) is 0 Å². The summed E-state index contributed by atoms with van der Waals surface area (Å²) in [5.41, 5.74) is 2.31. The number of aromatic nitrogens is 1. The fourth-order valence-electron chi connectivity index (χ4n) is 3.21. The molecule has 1 aromatic carbocycles. The molecule has 0 atom stereocenters. The van der Waals surface area contributed by atoms with Crippen LogP contribution in [0.15, 0.2) is 55.3 Å². The maximum absolute atomic E-state index is 12.6. The molecule has 0 bridgehead atoms. The first-order valence-electron chi connectivity index (χ1n) is 8.88. The van der Waals surface area contributed by atoms with E-state index in [2.05, 4.69) is 29.5 Å². The molecule has 2 aromatic rings. The zero-order chi connectivity index (χ0) is 17.6. The van der Waals surface area contributed by atoms with Crippen LogP contribution in [0.1, 0.15) is 30.5 Å². The third-order valence-corrected chi connectivity index (χ3v) is 4.88. The Kier molecular flexibility index (Phi) is 5.59. The molecule has 0 aliphatic heterocycles. The molecular formula is C21H26N2O2. The van der Waals surface area contributed by atoms with Crippen LogP contribution in [-0.2, 0) is 17.9 Å². The molecular weight excluding hydrogens is 312 g/mol. The van der Waals surface area contributed by atoms with Gasteiger partial charge in [-0.15, -0.1) is 6.58 Å². The van der Waals surface area contributed by atoms with Crippen molar-refractivity contribution in [1.29, 1.82) is 0 Å². The van der Waals surface area contributed by atoms with Gasteiger partial charge in [0.15, 0.2) is 0 Å². The molecule has 1 aromatic heterocycles. The standard InChI is InChI=1S/C21H26N2O2/c1-3-12-23(21(24)18-8-5-9-18)16-19-10-6-13-22(19)15-17-7-4-11-20(14-17)25-2/h3-4,6-7,10-11,13-14,18H,1,5,8-9,12,15-16H2,2H3. The highest BCUT2D eigenvalue weighted by molar-refractivity contribution is 5.79. The van der Waals surface area contributed by atoms with Gasteiger partial charge in [0.05, 0.1) is 13.7 Å². The van der Waals surface area contributed by atoms with Crippen LogP contribution in [0.25, 0.3) is 0 Å². The first kappa shape index (κ1) is 17.3.